The van der Waals surface area contributed by atoms with Crippen LogP contribution in [0.25, 0.3) is 0 Å². The number of carbonyl (C=O) groups is 2. The molecule has 3 aromatic carbocycles. The number of halogens is 4. The smallest absolute Gasteiger partial charge is 0.271 e. The van der Waals surface area contributed by atoms with Crippen LogP contribution in [0, 0.1) is 33.4 Å². The Kier molecular flexibility index (Phi) is 5.95. The number of non-ortho nitro benzene ring substituents is 1. The number of amides is 2. The minimum atomic E-state index is -1.08. The van der Waals surface area contributed by atoms with E-state index in [0.29, 0.717) is 12.1 Å². The molecule has 0 aromatic heterocycles. The summed E-state index contributed by atoms with van der Waals surface area (Å²) in [7, 11) is 0. The number of nitro benzene ring substituents is 1. The van der Waals surface area contributed by atoms with Crippen molar-refractivity contribution in [2.24, 2.45) is 0 Å². The highest BCUT2D eigenvalue weighted by Crippen LogP contribution is 2.22. The molecule has 0 fully saturated rings. The lowest BCUT2D eigenvalue weighted by molar-refractivity contribution is -0.384. The van der Waals surface area contributed by atoms with E-state index in [1.165, 1.54) is 0 Å². The SMILES string of the molecule is O=C(Nc1ccc(F)cc1F)c1cc(C(=O)Nc2ccc(F)cc2F)cc([N+](=O)[O-])c1. The fourth-order valence-corrected chi connectivity index (χ4v) is 2.55. The molecule has 7 nitrogen and oxygen atoms in total. The van der Waals surface area contributed by atoms with Gasteiger partial charge in [0.25, 0.3) is 17.5 Å². The van der Waals surface area contributed by atoms with E-state index in [2.05, 4.69) is 10.6 Å². The molecular formula is C20H11F4N3O4. The third-order valence-corrected chi connectivity index (χ3v) is 4.01. The summed E-state index contributed by atoms with van der Waals surface area (Å²) >= 11 is 0. The molecule has 2 amide bonds. The Morgan fingerprint density at radius 2 is 1.13 bits per heavy atom. The van der Waals surface area contributed by atoms with Gasteiger partial charge in [0.05, 0.1) is 16.3 Å². The number of benzene rings is 3. The van der Waals surface area contributed by atoms with E-state index >= 15 is 0 Å². The molecule has 11 heteroatoms. The molecule has 0 radical (unpaired) electrons. The molecular weight excluding hydrogens is 422 g/mol. The van der Waals surface area contributed by atoms with E-state index < -0.39 is 57.1 Å². The Labute approximate surface area is 171 Å². The monoisotopic (exact) mass is 433 g/mol. The van der Waals surface area contributed by atoms with Gasteiger partial charge < -0.3 is 10.6 Å². The van der Waals surface area contributed by atoms with Crippen molar-refractivity contribution in [1.82, 2.24) is 0 Å². The summed E-state index contributed by atoms with van der Waals surface area (Å²) in [6.07, 6.45) is 0. The zero-order chi connectivity index (χ0) is 22.7. The summed E-state index contributed by atoms with van der Waals surface area (Å²) in [5.74, 6) is -5.95. The van der Waals surface area contributed by atoms with Gasteiger partial charge in [0.1, 0.15) is 23.3 Å². The average molecular weight is 433 g/mol. The summed E-state index contributed by atoms with van der Waals surface area (Å²) in [5, 5.41) is 15.4. The molecule has 0 saturated heterocycles. The number of nitrogens with zero attached hydrogens (tertiary/aromatic N) is 1. The topological polar surface area (TPSA) is 101 Å². The van der Waals surface area contributed by atoms with Gasteiger partial charge in [0, 0.05) is 35.4 Å². The Hall–Kier alpha value is -4.28. The molecule has 158 valence electrons. The largest absolute Gasteiger partial charge is 0.319 e. The van der Waals surface area contributed by atoms with Crippen molar-refractivity contribution < 1.29 is 32.1 Å². The van der Waals surface area contributed by atoms with Gasteiger partial charge in [-0.3, -0.25) is 19.7 Å². The molecule has 3 rings (SSSR count). The van der Waals surface area contributed by atoms with Crippen molar-refractivity contribution >= 4 is 28.9 Å². The van der Waals surface area contributed by atoms with Crippen LogP contribution in [0.5, 0.6) is 0 Å². The van der Waals surface area contributed by atoms with Crippen LogP contribution in [-0.4, -0.2) is 16.7 Å². The summed E-state index contributed by atoms with van der Waals surface area (Å²) in [5.41, 5.74) is -2.20. The fraction of sp³-hybridized carbons (Fsp3) is 0. The number of hydrogen-bond donors (Lipinski definition) is 2. The van der Waals surface area contributed by atoms with E-state index in [-0.39, 0.29) is 11.1 Å². The molecule has 3 aromatic rings. The lowest BCUT2D eigenvalue weighted by Gasteiger charge is -2.10. The second-order valence-electron chi connectivity index (χ2n) is 6.18. The van der Waals surface area contributed by atoms with Gasteiger partial charge in [-0.25, -0.2) is 17.6 Å². The van der Waals surface area contributed by atoms with Crippen LogP contribution < -0.4 is 10.6 Å². The standard InChI is InChI=1S/C20H11F4N3O4/c21-12-1-3-17(15(23)8-12)25-19(28)10-5-11(7-14(6-10)27(30)31)20(29)26-18-4-2-13(22)9-16(18)24/h1-9H,(H,25,28)(H,26,29). The Balaban J connectivity index is 1.92. The minimum Gasteiger partial charge on any atom is -0.319 e. The first kappa shape index (κ1) is 21.4. The van der Waals surface area contributed by atoms with Crippen molar-refractivity contribution in [1.29, 1.82) is 0 Å². The molecule has 0 spiro atoms. The Morgan fingerprint density at radius 3 is 1.48 bits per heavy atom. The summed E-state index contributed by atoms with van der Waals surface area (Å²) in [6.45, 7) is 0. The van der Waals surface area contributed by atoms with Crippen LogP contribution in [0.15, 0.2) is 54.6 Å². The van der Waals surface area contributed by atoms with Gasteiger partial charge in [-0.2, -0.15) is 0 Å². The summed E-state index contributed by atoms with van der Waals surface area (Å²) in [6, 6.07) is 7.37. The lowest BCUT2D eigenvalue weighted by Crippen LogP contribution is -2.17. The molecule has 0 bridgehead atoms. The molecule has 0 atom stereocenters. The molecule has 0 aliphatic heterocycles. The zero-order valence-corrected chi connectivity index (χ0v) is 15.3. The van der Waals surface area contributed by atoms with Gasteiger partial charge in [0.15, 0.2) is 0 Å². The molecule has 0 heterocycles. The quantitative estimate of drug-likeness (QED) is 0.347. The first-order chi connectivity index (χ1) is 14.6. The van der Waals surface area contributed by atoms with Gasteiger partial charge in [-0.05, 0) is 30.3 Å². The maximum atomic E-state index is 13.8. The minimum absolute atomic E-state index is 0.386. The van der Waals surface area contributed by atoms with Gasteiger partial charge >= 0.3 is 0 Å². The first-order valence-electron chi connectivity index (χ1n) is 8.46. The van der Waals surface area contributed by atoms with E-state index in [1.807, 2.05) is 0 Å². The Bertz CT molecular complexity index is 1130. The summed E-state index contributed by atoms with van der Waals surface area (Å²) < 4.78 is 53.5. The number of carbonyl (C=O) groups excluding carboxylic acids is 2. The average Bonchev–Trinajstić information content (AvgIpc) is 2.71. The van der Waals surface area contributed by atoms with E-state index in [1.54, 1.807) is 0 Å². The van der Waals surface area contributed by atoms with Crippen LogP contribution >= 0.6 is 0 Å². The van der Waals surface area contributed by atoms with Crippen molar-refractivity contribution in [3.8, 4) is 0 Å². The molecule has 0 unspecified atom stereocenters. The predicted molar refractivity (Wildman–Crippen MR) is 102 cm³/mol. The van der Waals surface area contributed by atoms with Gasteiger partial charge in [-0.15, -0.1) is 0 Å². The lowest BCUT2D eigenvalue weighted by atomic mass is 10.1. The number of anilines is 2. The molecule has 0 aliphatic carbocycles. The van der Waals surface area contributed by atoms with Crippen molar-refractivity contribution in [2.45, 2.75) is 0 Å². The molecule has 31 heavy (non-hydrogen) atoms. The third-order valence-electron chi connectivity index (χ3n) is 4.01. The second-order valence-corrected chi connectivity index (χ2v) is 6.18. The molecule has 0 saturated carbocycles. The first-order valence-corrected chi connectivity index (χ1v) is 8.46. The van der Waals surface area contributed by atoms with E-state index in [4.69, 9.17) is 0 Å². The van der Waals surface area contributed by atoms with Crippen molar-refractivity contribution in [2.75, 3.05) is 10.6 Å². The Morgan fingerprint density at radius 1 is 0.710 bits per heavy atom. The highest BCUT2D eigenvalue weighted by molar-refractivity contribution is 6.09. The number of nitro groups is 1. The maximum Gasteiger partial charge on any atom is 0.271 e. The van der Waals surface area contributed by atoms with Crippen molar-refractivity contribution in [3.63, 3.8) is 0 Å². The second kappa shape index (κ2) is 8.61. The van der Waals surface area contributed by atoms with Crippen LogP contribution in [0.2, 0.25) is 0 Å². The maximum absolute atomic E-state index is 13.8. The van der Waals surface area contributed by atoms with Gasteiger partial charge in [0.2, 0.25) is 0 Å². The highest BCUT2D eigenvalue weighted by atomic mass is 19.1. The van der Waals surface area contributed by atoms with Crippen LogP contribution in [-0.2, 0) is 0 Å². The van der Waals surface area contributed by atoms with Crippen molar-refractivity contribution in [3.05, 3.63) is 99.1 Å². The zero-order valence-electron chi connectivity index (χ0n) is 15.3. The highest BCUT2D eigenvalue weighted by Gasteiger charge is 2.20. The third kappa shape index (κ3) is 5.01. The predicted octanol–water partition coefficient (Wildman–Crippen LogP) is 4.66. The summed E-state index contributed by atoms with van der Waals surface area (Å²) in [4.78, 5) is 35.2. The van der Waals surface area contributed by atoms with Crippen LogP contribution in [0.3, 0.4) is 0 Å². The van der Waals surface area contributed by atoms with Crippen LogP contribution in [0.1, 0.15) is 20.7 Å². The molecule has 2 N–H and O–H groups in total. The normalized spacial score (nSPS) is 10.5. The number of hydrogen-bond acceptors (Lipinski definition) is 4. The fourth-order valence-electron chi connectivity index (χ4n) is 2.55. The van der Waals surface area contributed by atoms with E-state index in [9.17, 15) is 37.3 Å². The number of rotatable bonds is 5. The number of nitrogens with one attached hydrogen (secondary N) is 2. The van der Waals surface area contributed by atoms with E-state index in [0.717, 1.165) is 42.5 Å². The van der Waals surface area contributed by atoms with Gasteiger partial charge in [-0.1, -0.05) is 0 Å². The van der Waals surface area contributed by atoms with Crippen LogP contribution in [0.4, 0.5) is 34.6 Å². The molecule has 0 aliphatic rings.